The normalized spacial score (nSPS) is 19.3. The van der Waals surface area contributed by atoms with E-state index in [9.17, 15) is 4.79 Å². The molecule has 0 aromatic carbocycles. The van der Waals surface area contributed by atoms with Crippen LogP contribution in [-0.4, -0.2) is 11.8 Å². The van der Waals surface area contributed by atoms with Crippen molar-refractivity contribution in [1.82, 2.24) is 5.09 Å². The molecule has 0 amide bonds. The lowest BCUT2D eigenvalue weighted by molar-refractivity contribution is -0.115. The zero-order valence-corrected chi connectivity index (χ0v) is 8.07. The smallest absolute Gasteiger partial charge is 0.248 e. The van der Waals surface area contributed by atoms with Gasteiger partial charge in [-0.25, -0.2) is 0 Å². The minimum Gasteiger partial charge on any atom is -0.290 e. The van der Waals surface area contributed by atoms with Crippen LogP contribution < -0.4 is 5.09 Å². The quantitative estimate of drug-likeness (QED) is 0.524. The molecule has 1 fully saturated rings. The molecular weight excluding hydrogens is 171 g/mol. The van der Waals surface area contributed by atoms with Gasteiger partial charge in [-0.3, -0.25) is 9.88 Å². The molecule has 1 N–H and O–H groups in total. The van der Waals surface area contributed by atoms with E-state index in [1.165, 1.54) is 19.3 Å². The number of carbonyl (C=O) groups excluding carboxylic acids is 1. The summed E-state index contributed by atoms with van der Waals surface area (Å²) in [4.78, 5) is 11.0. The van der Waals surface area contributed by atoms with Crippen LogP contribution in [0.4, 0.5) is 0 Å². The molecular formula is C8H13N2OP. The molecule has 0 spiro atoms. The fraction of sp³-hybridized carbons (Fsp3) is 0.750. The van der Waals surface area contributed by atoms with Gasteiger partial charge in [-0.05, 0) is 12.3 Å². The first-order chi connectivity index (χ1) is 5.77. The number of hydrogen-bond acceptors (Lipinski definition) is 3. The fourth-order valence-electron chi connectivity index (χ4n) is 1.39. The van der Waals surface area contributed by atoms with Crippen LogP contribution in [0.1, 0.15) is 25.7 Å². The summed E-state index contributed by atoms with van der Waals surface area (Å²) in [5.74, 6) is 0.303. The fourth-order valence-corrected chi connectivity index (χ4v) is 1.68. The van der Waals surface area contributed by atoms with Gasteiger partial charge < -0.3 is 0 Å². The van der Waals surface area contributed by atoms with Crippen molar-refractivity contribution >= 4 is 15.2 Å². The molecule has 0 aromatic heterocycles. The number of Topliss-reactive ketones (excluding diaryl/α,β-unsaturated/α-hetero) is 1. The van der Waals surface area contributed by atoms with E-state index in [0.29, 0.717) is 5.92 Å². The van der Waals surface area contributed by atoms with Gasteiger partial charge >= 0.3 is 0 Å². The Bertz CT molecular complexity index is 208. The Balaban J connectivity index is 2.34. The van der Waals surface area contributed by atoms with Crippen molar-refractivity contribution in [2.45, 2.75) is 31.7 Å². The number of nitrogens with zero attached hydrogens (tertiary/aromatic N) is 1. The van der Waals surface area contributed by atoms with Crippen LogP contribution in [0.5, 0.6) is 0 Å². The lowest BCUT2D eigenvalue weighted by atomic mass is 9.80. The molecule has 1 rings (SSSR count). The molecule has 0 saturated heterocycles. The predicted octanol–water partition coefficient (Wildman–Crippen LogP) is 1.02. The topological polar surface area (TPSA) is 52.9 Å². The maximum Gasteiger partial charge on any atom is 0.248 e. The van der Waals surface area contributed by atoms with Crippen LogP contribution in [-0.2, 0) is 4.79 Å². The third-order valence-electron chi connectivity index (χ3n) is 2.42. The molecule has 2 unspecified atom stereocenters. The van der Waals surface area contributed by atoms with Crippen molar-refractivity contribution in [2.75, 3.05) is 0 Å². The summed E-state index contributed by atoms with van der Waals surface area (Å²) in [5.41, 5.74) is 0. The van der Waals surface area contributed by atoms with Gasteiger partial charge in [0.15, 0.2) is 0 Å². The highest BCUT2D eigenvalue weighted by Gasteiger charge is 2.25. The van der Waals surface area contributed by atoms with E-state index in [4.69, 9.17) is 5.26 Å². The minimum atomic E-state index is -0.350. The van der Waals surface area contributed by atoms with Crippen molar-refractivity contribution in [2.24, 2.45) is 5.92 Å². The molecule has 1 aliphatic rings. The number of carbonyl (C=O) groups is 1. The molecule has 3 nitrogen and oxygen atoms in total. The minimum absolute atomic E-state index is 0.273. The van der Waals surface area contributed by atoms with Crippen LogP contribution in [0.3, 0.4) is 0 Å². The number of ketones is 1. The molecule has 0 aromatic rings. The summed E-state index contributed by atoms with van der Waals surface area (Å²) >= 11 is 0. The van der Waals surface area contributed by atoms with Crippen molar-refractivity contribution < 1.29 is 4.79 Å². The molecule has 4 heteroatoms. The number of nitrogens with one attached hydrogen (secondary N) is 1. The highest BCUT2D eigenvalue weighted by molar-refractivity contribution is 7.13. The second-order valence-corrected chi connectivity index (χ2v) is 3.56. The van der Waals surface area contributed by atoms with Crippen molar-refractivity contribution in [3.8, 4) is 6.07 Å². The first-order valence-electron chi connectivity index (χ1n) is 4.18. The Hall–Kier alpha value is -0.450. The standard InChI is InChI=1S/C8H13N2OP/c9-5-8(11)7(10-12)4-6-2-1-3-6/h6-7,10H,1-4,12H2. The Labute approximate surface area is 74.8 Å². The van der Waals surface area contributed by atoms with Crippen molar-refractivity contribution in [3.63, 3.8) is 0 Å². The van der Waals surface area contributed by atoms with Crippen LogP contribution in [0.25, 0.3) is 0 Å². The van der Waals surface area contributed by atoms with Gasteiger partial charge in [0, 0.05) is 0 Å². The van der Waals surface area contributed by atoms with E-state index in [0.717, 1.165) is 6.42 Å². The molecule has 0 radical (unpaired) electrons. The average molecular weight is 184 g/mol. The van der Waals surface area contributed by atoms with Crippen LogP contribution in [0.2, 0.25) is 0 Å². The second-order valence-electron chi connectivity index (χ2n) is 3.23. The molecule has 2 atom stereocenters. The Morgan fingerprint density at radius 3 is 2.75 bits per heavy atom. The molecule has 0 aliphatic heterocycles. The lowest BCUT2D eigenvalue weighted by Gasteiger charge is -2.27. The van der Waals surface area contributed by atoms with E-state index < -0.39 is 0 Å². The molecule has 0 bridgehead atoms. The van der Waals surface area contributed by atoms with Gasteiger partial charge in [0.25, 0.3) is 0 Å². The van der Waals surface area contributed by atoms with Crippen molar-refractivity contribution in [1.29, 1.82) is 5.26 Å². The zero-order valence-electron chi connectivity index (χ0n) is 6.92. The van der Waals surface area contributed by atoms with Gasteiger partial charge in [-0.15, -0.1) is 0 Å². The highest BCUT2D eigenvalue weighted by Crippen LogP contribution is 2.30. The van der Waals surface area contributed by atoms with Crippen LogP contribution in [0.15, 0.2) is 0 Å². The maximum atomic E-state index is 11.0. The third-order valence-corrected chi connectivity index (χ3v) is 2.82. The van der Waals surface area contributed by atoms with E-state index >= 15 is 0 Å². The number of hydrogen-bond donors (Lipinski definition) is 1. The molecule has 0 heterocycles. The summed E-state index contributed by atoms with van der Waals surface area (Å²) in [7, 11) is 2.30. The van der Waals surface area contributed by atoms with Gasteiger partial charge in [-0.1, -0.05) is 28.7 Å². The molecule has 12 heavy (non-hydrogen) atoms. The summed E-state index contributed by atoms with van der Waals surface area (Å²) in [5, 5.41) is 11.2. The van der Waals surface area contributed by atoms with E-state index in [2.05, 4.69) is 14.5 Å². The molecule has 1 saturated carbocycles. The highest BCUT2D eigenvalue weighted by atomic mass is 31.0. The summed E-state index contributed by atoms with van der Waals surface area (Å²) in [6, 6.07) is 1.38. The number of nitriles is 1. The lowest BCUT2D eigenvalue weighted by Crippen LogP contribution is -2.33. The largest absolute Gasteiger partial charge is 0.290 e. The van der Waals surface area contributed by atoms with Gasteiger partial charge in [0.1, 0.15) is 6.07 Å². The predicted molar refractivity (Wildman–Crippen MR) is 49.2 cm³/mol. The monoisotopic (exact) mass is 184 g/mol. The van der Waals surface area contributed by atoms with Gasteiger partial charge in [0.05, 0.1) is 6.04 Å². The average Bonchev–Trinajstić information content (AvgIpc) is 2.02. The Morgan fingerprint density at radius 1 is 1.75 bits per heavy atom. The van der Waals surface area contributed by atoms with Gasteiger partial charge in [0.2, 0.25) is 5.78 Å². The molecule has 1 aliphatic carbocycles. The van der Waals surface area contributed by atoms with Crippen molar-refractivity contribution in [3.05, 3.63) is 0 Å². The maximum absolute atomic E-state index is 11.0. The zero-order chi connectivity index (χ0) is 8.97. The van der Waals surface area contributed by atoms with E-state index in [1.807, 2.05) is 0 Å². The first kappa shape index (κ1) is 9.64. The SMILES string of the molecule is N#CC(=O)C(CC1CCC1)NP. The first-order valence-corrected chi connectivity index (χ1v) is 4.75. The Morgan fingerprint density at radius 2 is 2.42 bits per heavy atom. The third kappa shape index (κ3) is 2.27. The molecule has 66 valence electrons. The second kappa shape index (κ2) is 4.54. The summed E-state index contributed by atoms with van der Waals surface area (Å²) in [6.45, 7) is 0. The summed E-state index contributed by atoms with van der Waals surface area (Å²) in [6.07, 6.45) is 4.51. The van der Waals surface area contributed by atoms with Gasteiger partial charge in [-0.2, -0.15) is 5.26 Å². The van der Waals surface area contributed by atoms with Crippen LogP contribution in [0, 0.1) is 17.2 Å². The van der Waals surface area contributed by atoms with E-state index in [-0.39, 0.29) is 11.8 Å². The Kier molecular flexibility index (Phi) is 3.65. The van der Waals surface area contributed by atoms with Crippen LogP contribution >= 0.6 is 9.39 Å². The summed E-state index contributed by atoms with van der Waals surface area (Å²) < 4.78 is 0. The number of rotatable bonds is 4. The van der Waals surface area contributed by atoms with E-state index in [1.54, 1.807) is 6.07 Å².